The third-order valence-corrected chi connectivity index (χ3v) is 4.26. The van der Waals surface area contributed by atoms with Gasteiger partial charge in [0.05, 0.1) is 9.50 Å². The van der Waals surface area contributed by atoms with Crippen molar-refractivity contribution < 1.29 is 9.53 Å². The zero-order valence-corrected chi connectivity index (χ0v) is 15.8. The predicted molar refractivity (Wildman–Crippen MR) is 98.8 cm³/mol. The summed E-state index contributed by atoms with van der Waals surface area (Å²) in [6.45, 7) is 4.00. The second-order valence-corrected chi connectivity index (χ2v) is 6.98. The Morgan fingerprint density at radius 1 is 1.26 bits per heavy atom. The normalized spacial score (nSPS) is 10.7. The molecule has 0 unspecified atom stereocenters. The highest BCUT2D eigenvalue weighted by Crippen LogP contribution is 2.36. The molecule has 1 amide bonds. The number of ether oxygens (including phenoxy) is 1. The zero-order chi connectivity index (χ0) is 17.0. The molecule has 122 valence electrons. The number of benzene rings is 2. The number of rotatable bonds is 5. The van der Waals surface area contributed by atoms with Gasteiger partial charge in [-0.15, -0.1) is 0 Å². The smallest absolute Gasteiger partial charge is 0.262 e. The van der Waals surface area contributed by atoms with Gasteiger partial charge in [-0.1, -0.05) is 55.2 Å². The van der Waals surface area contributed by atoms with Crippen LogP contribution in [0.4, 0.5) is 5.69 Å². The van der Waals surface area contributed by atoms with Crippen molar-refractivity contribution in [2.24, 2.45) is 0 Å². The number of halogens is 3. The summed E-state index contributed by atoms with van der Waals surface area (Å²) in [5, 5.41) is 3.70. The molecular formula is C17H16BrCl2NO2. The van der Waals surface area contributed by atoms with Crippen LogP contribution in [0.3, 0.4) is 0 Å². The van der Waals surface area contributed by atoms with E-state index in [4.69, 9.17) is 27.9 Å². The van der Waals surface area contributed by atoms with Gasteiger partial charge in [-0.25, -0.2) is 0 Å². The van der Waals surface area contributed by atoms with Gasteiger partial charge in [0.2, 0.25) is 0 Å². The highest BCUT2D eigenvalue weighted by atomic mass is 79.9. The van der Waals surface area contributed by atoms with Crippen LogP contribution < -0.4 is 10.1 Å². The van der Waals surface area contributed by atoms with Crippen molar-refractivity contribution in [3.05, 3.63) is 56.5 Å². The average Bonchev–Trinajstić information content (AvgIpc) is 2.46. The molecule has 0 bridgehead atoms. The van der Waals surface area contributed by atoms with Crippen molar-refractivity contribution in [2.75, 3.05) is 11.9 Å². The minimum atomic E-state index is -0.254. The van der Waals surface area contributed by atoms with Gasteiger partial charge in [-0.2, -0.15) is 0 Å². The summed E-state index contributed by atoms with van der Waals surface area (Å²) in [5.41, 5.74) is 1.86. The standard InChI is InChI=1S/C17H16BrCl2NO2/c1-10(2)12-5-3-4-6-15(12)21-16(22)9-23-17-13(18)7-11(19)8-14(17)20/h3-8,10H,9H2,1-2H3,(H,21,22). The second-order valence-electron chi connectivity index (χ2n) is 5.28. The summed E-state index contributed by atoms with van der Waals surface area (Å²) >= 11 is 15.3. The highest BCUT2D eigenvalue weighted by Gasteiger charge is 2.13. The van der Waals surface area contributed by atoms with Crippen LogP contribution in [0.25, 0.3) is 0 Å². The molecule has 1 N–H and O–H groups in total. The maximum absolute atomic E-state index is 12.1. The van der Waals surface area contributed by atoms with Gasteiger partial charge >= 0.3 is 0 Å². The van der Waals surface area contributed by atoms with Crippen LogP contribution in [0.15, 0.2) is 40.9 Å². The molecule has 0 atom stereocenters. The molecule has 0 aliphatic rings. The van der Waals surface area contributed by atoms with Crippen LogP contribution in [0.5, 0.6) is 5.75 Å². The van der Waals surface area contributed by atoms with Crippen LogP contribution in [-0.4, -0.2) is 12.5 Å². The monoisotopic (exact) mass is 415 g/mol. The Morgan fingerprint density at radius 3 is 2.61 bits per heavy atom. The van der Waals surface area contributed by atoms with Crippen LogP contribution >= 0.6 is 39.1 Å². The fourth-order valence-corrected chi connectivity index (χ4v) is 3.47. The molecule has 0 fully saturated rings. The summed E-state index contributed by atoms with van der Waals surface area (Å²) in [5.74, 6) is 0.451. The van der Waals surface area contributed by atoms with E-state index in [1.807, 2.05) is 24.3 Å². The summed E-state index contributed by atoms with van der Waals surface area (Å²) in [7, 11) is 0. The minimum Gasteiger partial charge on any atom is -0.481 e. The van der Waals surface area contributed by atoms with Crippen LogP contribution in [0, 0.1) is 0 Å². The van der Waals surface area contributed by atoms with E-state index in [2.05, 4.69) is 35.1 Å². The highest BCUT2D eigenvalue weighted by molar-refractivity contribution is 9.10. The van der Waals surface area contributed by atoms with Gasteiger partial charge in [0.25, 0.3) is 5.91 Å². The maximum atomic E-state index is 12.1. The van der Waals surface area contributed by atoms with Crippen molar-refractivity contribution in [2.45, 2.75) is 19.8 Å². The van der Waals surface area contributed by atoms with E-state index in [1.54, 1.807) is 12.1 Å². The molecule has 2 aromatic carbocycles. The predicted octanol–water partition coefficient (Wildman–Crippen LogP) is 5.90. The van der Waals surface area contributed by atoms with Crippen molar-refractivity contribution in [1.82, 2.24) is 0 Å². The van der Waals surface area contributed by atoms with Gasteiger partial charge in [0.15, 0.2) is 12.4 Å². The van der Waals surface area contributed by atoms with Gasteiger partial charge in [-0.3, -0.25) is 4.79 Å². The number of amides is 1. The Morgan fingerprint density at radius 2 is 1.96 bits per heavy atom. The molecule has 0 aromatic heterocycles. The lowest BCUT2D eigenvalue weighted by Gasteiger charge is -2.14. The first-order valence-electron chi connectivity index (χ1n) is 7.04. The summed E-state index contributed by atoms with van der Waals surface area (Å²) in [6, 6.07) is 10.9. The molecule has 0 aliphatic heterocycles. The van der Waals surface area contributed by atoms with E-state index < -0.39 is 0 Å². The number of para-hydroxylation sites is 1. The molecule has 2 aromatic rings. The molecule has 0 radical (unpaired) electrons. The lowest BCUT2D eigenvalue weighted by Crippen LogP contribution is -2.21. The Labute approximate surface area is 154 Å². The molecule has 0 heterocycles. The number of carbonyl (C=O) groups is 1. The first-order valence-corrected chi connectivity index (χ1v) is 8.59. The number of anilines is 1. The topological polar surface area (TPSA) is 38.3 Å². The van der Waals surface area contributed by atoms with Crippen molar-refractivity contribution >= 4 is 50.7 Å². The second kappa shape index (κ2) is 8.04. The number of nitrogens with one attached hydrogen (secondary N) is 1. The maximum Gasteiger partial charge on any atom is 0.262 e. The Balaban J connectivity index is 2.04. The van der Waals surface area contributed by atoms with E-state index in [0.29, 0.717) is 26.2 Å². The van der Waals surface area contributed by atoms with E-state index in [-0.39, 0.29) is 12.5 Å². The molecule has 0 saturated heterocycles. The summed E-state index contributed by atoms with van der Waals surface area (Å²) in [4.78, 5) is 12.1. The lowest BCUT2D eigenvalue weighted by atomic mass is 10.0. The van der Waals surface area contributed by atoms with E-state index in [0.717, 1.165) is 11.3 Å². The zero-order valence-electron chi connectivity index (χ0n) is 12.7. The Kier molecular flexibility index (Phi) is 6.33. The van der Waals surface area contributed by atoms with Gasteiger partial charge in [0.1, 0.15) is 0 Å². The van der Waals surface area contributed by atoms with Gasteiger partial charge < -0.3 is 10.1 Å². The average molecular weight is 417 g/mol. The van der Waals surface area contributed by atoms with Gasteiger partial charge in [-0.05, 0) is 45.6 Å². The van der Waals surface area contributed by atoms with E-state index in [9.17, 15) is 4.79 Å². The Bertz CT molecular complexity index is 696. The fourth-order valence-electron chi connectivity index (χ4n) is 2.11. The van der Waals surface area contributed by atoms with Crippen LogP contribution in [0.1, 0.15) is 25.3 Å². The molecule has 0 saturated carbocycles. The van der Waals surface area contributed by atoms with Crippen molar-refractivity contribution in [1.29, 1.82) is 0 Å². The molecule has 23 heavy (non-hydrogen) atoms. The third kappa shape index (κ3) is 4.87. The van der Waals surface area contributed by atoms with Crippen molar-refractivity contribution in [3.8, 4) is 5.75 Å². The number of hydrogen-bond acceptors (Lipinski definition) is 2. The van der Waals surface area contributed by atoms with Gasteiger partial charge in [0, 0.05) is 10.7 Å². The molecule has 2 rings (SSSR count). The molecule has 3 nitrogen and oxygen atoms in total. The minimum absolute atomic E-state index is 0.146. The largest absolute Gasteiger partial charge is 0.481 e. The molecule has 0 aliphatic carbocycles. The number of carbonyl (C=O) groups excluding carboxylic acids is 1. The van der Waals surface area contributed by atoms with E-state index in [1.165, 1.54) is 0 Å². The molecule has 0 spiro atoms. The van der Waals surface area contributed by atoms with Crippen molar-refractivity contribution in [3.63, 3.8) is 0 Å². The lowest BCUT2D eigenvalue weighted by molar-refractivity contribution is -0.118. The third-order valence-electron chi connectivity index (χ3n) is 3.17. The number of hydrogen-bond donors (Lipinski definition) is 1. The molecule has 6 heteroatoms. The molecular weight excluding hydrogens is 401 g/mol. The van der Waals surface area contributed by atoms with Crippen LogP contribution in [-0.2, 0) is 4.79 Å². The fraction of sp³-hybridized carbons (Fsp3) is 0.235. The Hall–Kier alpha value is -1.23. The summed E-state index contributed by atoms with van der Waals surface area (Å²) < 4.78 is 6.11. The SMILES string of the molecule is CC(C)c1ccccc1NC(=O)COc1c(Cl)cc(Cl)cc1Br. The first kappa shape index (κ1) is 18.1. The van der Waals surface area contributed by atoms with Crippen LogP contribution in [0.2, 0.25) is 10.0 Å². The summed E-state index contributed by atoms with van der Waals surface area (Å²) in [6.07, 6.45) is 0. The quantitative estimate of drug-likeness (QED) is 0.659. The first-order chi connectivity index (χ1) is 10.9. The van der Waals surface area contributed by atoms with E-state index >= 15 is 0 Å².